The smallest absolute Gasteiger partial charge is 0.0895 e. The van der Waals surface area contributed by atoms with Gasteiger partial charge in [-0.15, -0.1) is 0 Å². The molecule has 2 aliphatic carbocycles. The van der Waals surface area contributed by atoms with Gasteiger partial charge in [0.25, 0.3) is 0 Å². The van der Waals surface area contributed by atoms with Crippen molar-refractivity contribution in [2.24, 2.45) is 33.7 Å². The van der Waals surface area contributed by atoms with Crippen molar-refractivity contribution in [1.29, 1.82) is 0 Å². The van der Waals surface area contributed by atoms with Gasteiger partial charge in [0.1, 0.15) is 0 Å². The zero-order chi connectivity index (χ0) is 15.8. The highest BCUT2D eigenvalue weighted by molar-refractivity contribution is 5.41. The van der Waals surface area contributed by atoms with Crippen molar-refractivity contribution in [3.05, 3.63) is 0 Å². The monoisotopic (exact) mass is 304 g/mol. The predicted octanol–water partition coefficient (Wildman–Crippen LogP) is 5.98. The number of rotatable bonds is 6. The molecule has 22 heavy (non-hydrogen) atoms. The topological polar surface area (TPSA) is 24.7 Å². The number of hydrogen-bond acceptors (Lipinski definition) is 2. The average Bonchev–Trinajstić information content (AvgIpc) is 2.57. The van der Waals surface area contributed by atoms with E-state index in [0.29, 0.717) is 6.04 Å². The Morgan fingerprint density at radius 3 is 2.05 bits per heavy atom. The van der Waals surface area contributed by atoms with E-state index >= 15 is 0 Å². The Bertz CT molecular complexity index is 354. The van der Waals surface area contributed by atoms with Gasteiger partial charge in [0.05, 0.1) is 12.1 Å². The molecule has 2 aliphatic rings. The molecule has 0 amide bonds. The third kappa shape index (κ3) is 5.54. The van der Waals surface area contributed by atoms with Gasteiger partial charge >= 0.3 is 0 Å². The molecule has 2 rings (SSSR count). The summed E-state index contributed by atoms with van der Waals surface area (Å²) >= 11 is 0. The van der Waals surface area contributed by atoms with Crippen molar-refractivity contribution < 1.29 is 0 Å². The maximum Gasteiger partial charge on any atom is 0.0895 e. The standard InChI is InChI=1S/C20H36N2/c1-4-16(3)19-10-6-17(7-11-19)14-18-8-12-20(13-9-18)22-15-21-5-2/h16-20H,4-14H2,1-3H3. The van der Waals surface area contributed by atoms with Crippen LogP contribution >= 0.6 is 0 Å². The van der Waals surface area contributed by atoms with Gasteiger partial charge in [0, 0.05) is 6.54 Å². The van der Waals surface area contributed by atoms with Gasteiger partial charge in [-0.25, -0.2) is 9.98 Å². The Kier molecular flexibility index (Phi) is 7.66. The Hall–Kier alpha value is -0.620. The van der Waals surface area contributed by atoms with E-state index in [1.54, 1.807) is 0 Å². The van der Waals surface area contributed by atoms with Crippen LogP contribution in [0.2, 0.25) is 0 Å². The lowest BCUT2D eigenvalue weighted by Gasteiger charge is -2.35. The van der Waals surface area contributed by atoms with E-state index in [9.17, 15) is 0 Å². The van der Waals surface area contributed by atoms with Gasteiger partial charge in [0.2, 0.25) is 0 Å². The summed E-state index contributed by atoms with van der Waals surface area (Å²) in [7, 11) is 0. The lowest BCUT2D eigenvalue weighted by Crippen LogP contribution is -2.23. The van der Waals surface area contributed by atoms with Gasteiger partial charge in [0.15, 0.2) is 0 Å². The molecule has 0 bridgehead atoms. The molecule has 0 N–H and O–H groups in total. The molecule has 1 unspecified atom stereocenters. The van der Waals surface area contributed by atoms with Gasteiger partial charge in [-0.05, 0) is 75.5 Å². The summed E-state index contributed by atoms with van der Waals surface area (Å²) < 4.78 is 0. The molecule has 2 saturated carbocycles. The van der Waals surface area contributed by atoms with Gasteiger partial charge in [-0.3, -0.25) is 0 Å². The van der Waals surface area contributed by atoms with E-state index in [1.807, 2.05) is 6.92 Å². The molecule has 2 fully saturated rings. The van der Waals surface area contributed by atoms with Crippen LogP contribution in [-0.4, -0.2) is 18.6 Å². The third-order valence-electron chi connectivity index (χ3n) is 6.29. The summed E-state index contributed by atoms with van der Waals surface area (Å²) in [6.45, 7) is 7.64. The van der Waals surface area contributed by atoms with Crippen LogP contribution in [0, 0.1) is 23.7 Å². The molecule has 0 aromatic heterocycles. The van der Waals surface area contributed by atoms with E-state index in [4.69, 9.17) is 0 Å². The first-order chi connectivity index (χ1) is 10.7. The molecule has 0 spiro atoms. The van der Waals surface area contributed by atoms with Crippen LogP contribution in [-0.2, 0) is 0 Å². The maximum absolute atomic E-state index is 4.48. The SMILES string of the molecule is CCN=C=NC1CCC(CC2CCC(C(C)CC)CC2)CC1. The number of aliphatic imine (C=N–C) groups is 2. The Balaban J connectivity index is 1.66. The van der Waals surface area contributed by atoms with E-state index in [0.717, 1.165) is 30.2 Å². The summed E-state index contributed by atoms with van der Waals surface area (Å²) in [5, 5.41) is 0. The molecule has 0 aromatic rings. The molecular weight excluding hydrogens is 268 g/mol. The fraction of sp³-hybridized carbons (Fsp3) is 0.950. The van der Waals surface area contributed by atoms with E-state index in [1.165, 1.54) is 64.2 Å². The fourth-order valence-corrected chi connectivity index (χ4v) is 4.50. The van der Waals surface area contributed by atoms with Crippen LogP contribution in [0.25, 0.3) is 0 Å². The Morgan fingerprint density at radius 1 is 0.909 bits per heavy atom. The van der Waals surface area contributed by atoms with E-state index in [2.05, 4.69) is 29.8 Å². The Morgan fingerprint density at radius 2 is 1.50 bits per heavy atom. The number of nitrogens with zero attached hydrogens (tertiary/aromatic N) is 2. The van der Waals surface area contributed by atoms with Gasteiger partial charge in [-0.1, -0.05) is 33.1 Å². The summed E-state index contributed by atoms with van der Waals surface area (Å²) in [5.74, 6) is 3.95. The van der Waals surface area contributed by atoms with Crippen molar-refractivity contribution in [2.45, 2.75) is 91.0 Å². The van der Waals surface area contributed by atoms with Crippen molar-refractivity contribution in [3.8, 4) is 0 Å². The molecule has 0 radical (unpaired) electrons. The summed E-state index contributed by atoms with van der Waals surface area (Å²) in [6.07, 6.45) is 14.1. The van der Waals surface area contributed by atoms with E-state index in [-0.39, 0.29) is 0 Å². The molecule has 0 heterocycles. The molecule has 0 saturated heterocycles. The van der Waals surface area contributed by atoms with Gasteiger partial charge in [-0.2, -0.15) is 0 Å². The average molecular weight is 305 g/mol. The fourth-order valence-electron chi connectivity index (χ4n) is 4.50. The van der Waals surface area contributed by atoms with Crippen LogP contribution in [0.1, 0.15) is 85.0 Å². The Labute approximate surface area is 137 Å². The molecule has 126 valence electrons. The van der Waals surface area contributed by atoms with E-state index < -0.39 is 0 Å². The maximum atomic E-state index is 4.48. The second kappa shape index (κ2) is 9.50. The van der Waals surface area contributed by atoms with Crippen molar-refractivity contribution in [3.63, 3.8) is 0 Å². The number of hydrogen-bond donors (Lipinski definition) is 0. The minimum atomic E-state index is 0.507. The zero-order valence-electron chi connectivity index (χ0n) is 15.1. The van der Waals surface area contributed by atoms with Crippen LogP contribution in [0.3, 0.4) is 0 Å². The van der Waals surface area contributed by atoms with Crippen LogP contribution in [0.4, 0.5) is 0 Å². The largest absolute Gasteiger partial charge is 0.226 e. The predicted molar refractivity (Wildman–Crippen MR) is 95.7 cm³/mol. The van der Waals surface area contributed by atoms with Crippen molar-refractivity contribution in [1.82, 2.24) is 0 Å². The highest BCUT2D eigenvalue weighted by Crippen LogP contribution is 2.39. The molecule has 1 atom stereocenters. The van der Waals surface area contributed by atoms with Crippen LogP contribution in [0.15, 0.2) is 9.98 Å². The van der Waals surface area contributed by atoms with Crippen molar-refractivity contribution >= 4 is 6.01 Å². The van der Waals surface area contributed by atoms with Crippen molar-refractivity contribution in [2.75, 3.05) is 6.54 Å². The molecule has 0 aromatic carbocycles. The molecule has 2 heteroatoms. The quantitative estimate of drug-likeness (QED) is 0.539. The molecule has 2 nitrogen and oxygen atoms in total. The first-order valence-electron chi connectivity index (χ1n) is 9.84. The van der Waals surface area contributed by atoms with Gasteiger partial charge < -0.3 is 0 Å². The summed E-state index contributed by atoms with van der Waals surface area (Å²) in [5.41, 5.74) is 0. The highest BCUT2D eigenvalue weighted by Gasteiger charge is 2.28. The van der Waals surface area contributed by atoms with Crippen LogP contribution in [0.5, 0.6) is 0 Å². The second-order valence-electron chi connectivity index (χ2n) is 7.78. The zero-order valence-corrected chi connectivity index (χ0v) is 15.1. The molecule has 0 aliphatic heterocycles. The minimum absolute atomic E-state index is 0.507. The summed E-state index contributed by atoms with van der Waals surface area (Å²) in [4.78, 5) is 8.57. The lowest BCUT2D eigenvalue weighted by atomic mass is 9.71. The third-order valence-corrected chi connectivity index (χ3v) is 6.29. The first-order valence-corrected chi connectivity index (χ1v) is 9.84. The molecular formula is C20H36N2. The minimum Gasteiger partial charge on any atom is -0.226 e. The van der Waals surface area contributed by atoms with Crippen LogP contribution < -0.4 is 0 Å². The highest BCUT2D eigenvalue weighted by atomic mass is 14.8. The second-order valence-corrected chi connectivity index (χ2v) is 7.78. The first kappa shape index (κ1) is 17.7. The summed E-state index contributed by atoms with van der Waals surface area (Å²) in [6, 6.07) is 3.38. The normalized spacial score (nSPS) is 33.8. The lowest BCUT2D eigenvalue weighted by molar-refractivity contribution is 0.174.